The number of hydrogen-bond donors (Lipinski definition) is 0. The van der Waals surface area contributed by atoms with Crippen LogP contribution in [0.5, 0.6) is 0 Å². The summed E-state index contributed by atoms with van der Waals surface area (Å²) in [4.78, 5) is 4.99. The van der Waals surface area contributed by atoms with Crippen molar-refractivity contribution in [1.29, 1.82) is 0 Å². The summed E-state index contributed by atoms with van der Waals surface area (Å²) in [6.07, 6.45) is 0. The van der Waals surface area contributed by atoms with E-state index in [-0.39, 0.29) is 0 Å². The molecular formula is C76H52N2. The number of anilines is 6. The zero-order valence-electron chi connectivity index (χ0n) is 42.9. The van der Waals surface area contributed by atoms with E-state index in [1.54, 1.807) is 0 Å². The standard InChI is InChI=1S/C76H52N2/c1-7-26-55(27-8-1)75(56-28-9-2-10-29-56)69-41-23-21-39-65(69)67-47-45-61(50-71(67)75)77(59-34-15-5-16-35-59)63-49-54-44-43-53-25-19-20-38-64(53)74(54)73(52-63)78(60-36-17-6-18-37-60)62-46-48-68-66-40-22-24-42-70(66)76(72(68)51-62,57-30-11-3-12-31-57)58-32-13-4-14-33-58/h1-52H. The summed E-state index contributed by atoms with van der Waals surface area (Å²) < 4.78 is 0. The first-order valence-corrected chi connectivity index (χ1v) is 27.1. The first-order valence-electron chi connectivity index (χ1n) is 27.1. The number of rotatable bonds is 10. The quantitative estimate of drug-likeness (QED) is 0.126. The van der Waals surface area contributed by atoms with Gasteiger partial charge in [-0.05, 0) is 144 Å². The molecule has 0 atom stereocenters. The summed E-state index contributed by atoms with van der Waals surface area (Å²) in [7, 11) is 0. The molecule has 15 rings (SSSR count). The van der Waals surface area contributed by atoms with Crippen LogP contribution in [0.1, 0.15) is 44.5 Å². The molecule has 0 aromatic heterocycles. The average Bonchev–Trinajstić information content (AvgIpc) is 4.12. The molecule has 0 fully saturated rings. The lowest BCUT2D eigenvalue weighted by molar-refractivity contribution is 0.768. The predicted molar refractivity (Wildman–Crippen MR) is 325 cm³/mol. The zero-order valence-corrected chi connectivity index (χ0v) is 42.9. The van der Waals surface area contributed by atoms with E-state index >= 15 is 0 Å². The highest BCUT2D eigenvalue weighted by molar-refractivity contribution is 6.17. The van der Waals surface area contributed by atoms with Crippen molar-refractivity contribution >= 4 is 55.7 Å². The predicted octanol–water partition coefficient (Wildman–Crippen LogP) is 19.7. The van der Waals surface area contributed by atoms with E-state index in [2.05, 4.69) is 325 Å². The molecule has 366 valence electrons. The van der Waals surface area contributed by atoms with Crippen LogP contribution >= 0.6 is 0 Å². The van der Waals surface area contributed by atoms with Gasteiger partial charge in [0, 0.05) is 33.8 Å². The van der Waals surface area contributed by atoms with Crippen molar-refractivity contribution in [2.45, 2.75) is 10.8 Å². The van der Waals surface area contributed by atoms with E-state index in [1.807, 2.05) is 0 Å². The molecule has 2 aliphatic carbocycles. The third-order valence-electron chi connectivity index (χ3n) is 16.7. The van der Waals surface area contributed by atoms with Gasteiger partial charge in [-0.1, -0.05) is 255 Å². The lowest BCUT2D eigenvalue weighted by atomic mass is 9.67. The van der Waals surface area contributed by atoms with Gasteiger partial charge in [0.05, 0.1) is 16.5 Å². The molecule has 2 heteroatoms. The molecule has 0 N–H and O–H groups in total. The van der Waals surface area contributed by atoms with E-state index in [9.17, 15) is 0 Å². The van der Waals surface area contributed by atoms with Crippen LogP contribution in [0.2, 0.25) is 0 Å². The number of hydrogen-bond acceptors (Lipinski definition) is 2. The van der Waals surface area contributed by atoms with Crippen molar-refractivity contribution in [1.82, 2.24) is 0 Å². The lowest BCUT2D eigenvalue weighted by Gasteiger charge is -2.36. The van der Waals surface area contributed by atoms with Crippen LogP contribution in [-0.4, -0.2) is 0 Å². The van der Waals surface area contributed by atoms with E-state index in [4.69, 9.17) is 0 Å². The monoisotopic (exact) mass is 992 g/mol. The van der Waals surface area contributed by atoms with Gasteiger partial charge in [0.15, 0.2) is 0 Å². The van der Waals surface area contributed by atoms with Crippen LogP contribution < -0.4 is 9.80 Å². The van der Waals surface area contributed by atoms with Crippen molar-refractivity contribution in [2.75, 3.05) is 9.80 Å². The van der Waals surface area contributed by atoms with Gasteiger partial charge < -0.3 is 9.80 Å². The van der Waals surface area contributed by atoms with E-state index < -0.39 is 10.8 Å². The molecule has 2 aliphatic rings. The second-order valence-electron chi connectivity index (χ2n) is 20.7. The molecule has 0 aliphatic heterocycles. The maximum Gasteiger partial charge on any atom is 0.0714 e. The Morgan fingerprint density at radius 1 is 0.218 bits per heavy atom. The van der Waals surface area contributed by atoms with E-state index in [0.29, 0.717) is 0 Å². The molecule has 78 heavy (non-hydrogen) atoms. The Hall–Kier alpha value is -10.0. The highest BCUT2D eigenvalue weighted by atomic mass is 15.2. The topological polar surface area (TPSA) is 6.48 Å². The zero-order chi connectivity index (χ0) is 51.6. The van der Waals surface area contributed by atoms with Gasteiger partial charge in [-0.25, -0.2) is 0 Å². The number of fused-ring (bicyclic) bond motifs is 9. The summed E-state index contributed by atoms with van der Waals surface area (Å²) in [5.41, 5.74) is 20.4. The van der Waals surface area contributed by atoms with Gasteiger partial charge in [0.25, 0.3) is 0 Å². The molecule has 0 saturated heterocycles. The van der Waals surface area contributed by atoms with Crippen LogP contribution in [0.15, 0.2) is 315 Å². The fourth-order valence-corrected chi connectivity index (χ4v) is 13.6. The lowest BCUT2D eigenvalue weighted by Crippen LogP contribution is -2.28. The maximum absolute atomic E-state index is 2.51. The molecular weight excluding hydrogens is 941 g/mol. The van der Waals surface area contributed by atoms with E-state index in [0.717, 1.165) is 39.5 Å². The fraction of sp³-hybridized carbons (Fsp3) is 0.0263. The molecule has 0 bridgehead atoms. The molecule has 0 unspecified atom stereocenters. The van der Waals surface area contributed by atoms with Crippen molar-refractivity contribution in [2.24, 2.45) is 0 Å². The van der Waals surface area contributed by atoms with Crippen LogP contribution in [0, 0.1) is 0 Å². The third kappa shape index (κ3) is 6.83. The molecule has 13 aromatic rings. The van der Waals surface area contributed by atoms with Gasteiger partial charge >= 0.3 is 0 Å². The minimum absolute atomic E-state index is 0.563. The molecule has 0 spiro atoms. The van der Waals surface area contributed by atoms with Crippen LogP contribution in [0.25, 0.3) is 43.8 Å². The summed E-state index contributed by atoms with van der Waals surface area (Å²) in [6, 6.07) is 117. The van der Waals surface area contributed by atoms with Crippen molar-refractivity contribution in [3.05, 3.63) is 360 Å². The molecule has 0 radical (unpaired) electrons. The molecule has 0 heterocycles. The highest BCUT2D eigenvalue weighted by Crippen LogP contribution is 2.60. The normalized spacial score (nSPS) is 13.3. The van der Waals surface area contributed by atoms with Gasteiger partial charge in [0.1, 0.15) is 0 Å². The van der Waals surface area contributed by atoms with Crippen molar-refractivity contribution < 1.29 is 0 Å². The minimum atomic E-state index is -0.574. The summed E-state index contributed by atoms with van der Waals surface area (Å²) in [6.45, 7) is 0. The Kier molecular flexibility index (Phi) is 10.7. The first kappa shape index (κ1) is 45.4. The summed E-state index contributed by atoms with van der Waals surface area (Å²) in [5, 5.41) is 4.73. The Balaban J connectivity index is 1.01. The van der Waals surface area contributed by atoms with Gasteiger partial charge in [-0.2, -0.15) is 0 Å². The summed E-state index contributed by atoms with van der Waals surface area (Å²) >= 11 is 0. The van der Waals surface area contributed by atoms with Crippen molar-refractivity contribution in [3.8, 4) is 22.3 Å². The van der Waals surface area contributed by atoms with Gasteiger partial charge in [-0.3, -0.25) is 0 Å². The summed E-state index contributed by atoms with van der Waals surface area (Å²) in [5.74, 6) is 0. The average molecular weight is 993 g/mol. The SMILES string of the molecule is c1ccc(N(c2ccc3c(c2)C(c2ccccc2)(c2ccccc2)c2ccccc2-3)c2cc(N(c3ccccc3)c3ccc4c(c3)C(c3ccccc3)(c3ccccc3)c3ccccc3-4)c3c(ccc4ccccc43)c2)cc1. The maximum atomic E-state index is 2.51. The first-order chi connectivity index (χ1) is 38.7. The van der Waals surface area contributed by atoms with Gasteiger partial charge in [0.2, 0.25) is 0 Å². The second-order valence-corrected chi connectivity index (χ2v) is 20.7. The van der Waals surface area contributed by atoms with Gasteiger partial charge in [-0.15, -0.1) is 0 Å². The Morgan fingerprint density at radius 2 is 0.590 bits per heavy atom. The second kappa shape index (κ2) is 18.4. The number of nitrogens with zero attached hydrogens (tertiary/aromatic N) is 2. The molecule has 0 saturated carbocycles. The Morgan fingerprint density at radius 3 is 1.08 bits per heavy atom. The van der Waals surface area contributed by atoms with Crippen LogP contribution in [0.4, 0.5) is 34.1 Å². The Bertz CT molecular complexity index is 4290. The highest BCUT2D eigenvalue weighted by Gasteiger charge is 2.48. The Labute approximate surface area is 456 Å². The number of benzene rings is 13. The molecule has 13 aromatic carbocycles. The largest absolute Gasteiger partial charge is 0.310 e. The van der Waals surface area contributed by atoms with Crippen molar-refractivity contribution in [3.63, 3.8) is 0 Å². The molecule has 0 amide bonds. The van der Waals surface area contributed by atoms with E-state index in [1.165, 1.54) is 82.9 Å². The minimum Gasteiger partial charge on any atom is -0.310 e. The van der Waals surface area contributed by atoms with Crippen LogP contribution in [0.3, 0.4) is 0 Å². The number of para-hydroxylation sites is 2. The smallest absolute Gasteiger partial charge is 0.0714 e. The third-order valence-corrected chi connectivity index (χ3v) is 16.7. The van der Waals surface area contributed by atoms with Crippen LogP contribution in [-0.2, 0) is 10.8 Å². The fourth-order valence-electron chi connectivity index (χ4n) is 13.6. The molecule has 2 nitrogen and oxygen atoms in total.